The first kappa shape index (κ1) is 23.8. The Labute approximate surface area is 206 Å². The maximum atomic E-state index is 14.1. The first-order valence-electron chi connectivity index (χ1n) is 11.8. The molecule has 7 nitrogen and oxygen atoms in total. The summed E-state index contributed by atoms with van der Waals surface area (Å²) in [6, 6.07) is 13.4. The van der Waals surface area contributed by atoms with E-state index in [2.05, 4.69) is 27.2 Å². The molecule has 0 radical (unpaired) electrons. The van der Waals surface area contributed by atoms with Gasteiger partial charge < -0.3 is 10.2 Å². The Morgan fingerprint density at radius 1 is 1.11 bits per heavy atom. The highest BCUT2D eigenvalue weighted by atomic mass is 19.4. The molecule has 1 aliphatic rings. The van der Waals surface area contributed by atoms with Crippen molar-refractivity contribution in [3.8, 4) is 11.3 Å². The first-order chi connectivity index (χ1) is 17.3. The van der Waals surface area contributed by atoms with Crippen LogP contribution in [-0.2, 0) is 6.18 Å². The highest BCUT2D eigenvalue weighted by molar-refractivity contribution is 5.99. The average Bonchev–Trinajstić information content (AvgIpc) is 3.27. The summed E-state index contributed by atoms with van der Waals surface area (Å²) in [6.45, 7) is 3.01. The molecule has 0 saturated carbocycles. The number of piperidine rings is 1. The van der Waals surface area contributed by atoms with Crippen LogP contribution < -0.4 is 5.32 Å². The Morgan fingerprint density at radius 3 is 2.64 bits per heavy atom. The number of amides is 1. The van der Waals surface area contributed by atoms with Crippen molar-refractivity contribution in [2.75, 3.05) is 18.4 Å². The van der Waals surface area contributed by atoms with Gasteiger partial charge in [0.15, 0.2) is 0 Å². The number of carbonyl (C=O) groups excluding carboxylic acids is 1. The number of hydrogen-bond donors (Lipinski definition) is 1. The van der Waals surface area contributed by atoms with Gasteiger partial charge in [0.2, 0.25) is 5.78 Å². The number of anilines is 1. The van der Waals surface area contributed by atoms with Crippen molar-refractivity contribution < 1.29 is 18.0 Å². The molecule has 1 aliphatic heterocycles. The summed E-state index contributed by atoms with van der Waals surface area (Å²) < 4.78 is 40.3. The number of benzene rings is 1. The Kier molecular flexibility index (Phi) is 6.34. The lowest BCUT2D eigenvalue weighted by Gasteiger charge is -2.40. The molecular weight excluding hydrogens is 469 g/mol. The molecule has 2 atom stereocenters. The molecule has 4 aromatic rings. The fourth-order valence-corrected chi connectivity index (χ4v) is 4.71. The number of hydrogen-bond acceptors (Lipinski definition) is 5. The number of pyridine rings is 1. The molecule has 0 unspecified atom stereocenters. The van der Waals surface area contributed by atoms with Gasteiger partial charge in [0, 0.05) is 37.2 Å². The Morgan fingerprint density at radius 2 is 1.92 bits per heavy atom. The number of nitrogens with zero attached hydrogens (tertiary/aromatic N) is 5. The third-order valence-electron chi connectivity index (χ3n) is 6.61. The minimum absolute atomic E-state index is 0.159. The number of fused-ring (bicyclic) bond motifs is 1. The summed E-state index contributed by atoms with van der Waals surface area (Å²) >= 11 is 0. The number of carbonyl (C=O) groups is 1. The third kappa shape index (κ3) is 4.62. The number of rotatable bonds is 5. The van der Waals surface area contributed by atoms with Gasteiger partial charge in [0.25, 0.3) is 5.91 Å². The van der Waals surface area contributed by atoms with Crippen LogP contribution in [0.15, 0.2) is 67.1 Å². The van der Waals surface area contributed by atoms with Crippen LogP contribution in [0.3, 0.4) is 0 Å². The van der Waals surface area contributed by atoms with Crippen LogP contribution in [0.5, 0.6) is 0 Å². The topological polar surface area (TPSA) is 75.4 Å². The quantitative estimate of drug-likeness (QED) is 0.415. The molecular formula is C26H25F3N6O. The molecule has 1 aromatic carbocycles. The number of nitrogens with one attached hydrogen (secondary N) is 1. The van der Waals surface area contributed by atoms with E-state index in [4.69, 9.17) is 0 Å². The van der Waals surface area contributed by atoms with Crippen molar-refractivity contribution in [3.63, 3.8) is 0 Å². The number of aromatic nitrogens is 4. The molecule has 0 bridgehead atoms. The highest BCUT2D eigenvalue weighted by Gasteiger charge is 2.35. The minimum atomic E-state index is -4.44. The lowest BCUT2D eigenvalue weighted by atomic mass is 9.90. The smallest absolute Gasteiger partial charge is 0.368 e. The van der Waals surface area contributed by atoms with Crippen LogP contribution in [-0.4, -0.2) is 49.3 Å². The van der Waals surface area contributed by atoms with Gasteiger partial charge in [0.05, 0.1) is 11.6 Å². The zero-order valence-electron chi connectivity index (χ0n) is 19.6. The Bertz CT molecular complexity index is 1350. The Hall–Kier alpha value is -3.95. The number of likely N-dealkylation sites (tertiary alicyclic amines) is 1. The third-order valence-corrected chi connectivity index (χ3v) is 6.61. The SMILES string of the molecule is C[C@@H]1CCCN(C(=O)c2c(-c3ccccc3)nc3ncccn23)[C@@H]1CNc1ccc(C(F)(F)F)cn1. The van der Waals surface area contributed by atoms with Gasteiger partial charge >= 0.3 is 6.18 Å². The van der Waals surface area contributed by atoms with Crippen LogP contribution in [0.2, 0.25) is 0 Å². The van der Waals surface area contributed by atoms with Crippen LogP contribution in [0.4, 0.5) is 19.0 Å². The fraction of sp³-hybridized carbons (Fsp3) is 0.308. The lowest BCUT2D eigenvalue weighted by molar-refractivity contribution is -0.137. The molecule has 36 heavy (non-hydrogen) atoms. The van der Waals surface area contributed by atoms with Gasteiger partial charge in [-0.15, -0.1) is 0 Å². The summed E-state index contributed by atoms with van der Waals surface area (Å²) in [7, 11) is 0. The van der Waals surface area contributed by atoms with Crippen molar-refractivity contribution in [2.45, 2.75) is 32.0 Å². The van der Waals surface area contributed by atoms with E-state index in [-0.39, 0.29) is 17.9 Å². The molecule has 4 heterocycles. The first-order valence-corrected chi connectivity index (χ1v) is 11.8. The summed E-state index contributed by atoms with van der Waals surface area (Å²) in [5, 5.41) is 3.13. The zero-order chi connectivity index (χ0) is 25.3. The molecule has 0 spiro atoms. The standard InChI is InChI=1S/C26H25F3N6O/c1-17-7-5-13-34(20(17)16-32-21-11-10-19(15-31-21)26(27,28)29)24(36)23-22(18-8-3-2-4-9-18)33-25-30-12-6-14-35(23)25/h2-4,6,8-12,14-15,17,20H,5,7,13,16H2,1H3,(H,31,32)/t17-,20-/m1/s1. The molecule has 3 aromatic heterocycles. The molecule has 186 valence electrons. The summed E-state index contributed by atoms with van der Waals surface area (Å²) in [6.07, 6.45) is 1.59. The van der Waals surface area contributed by atoms with E-state index in [0.29, 0.717) is 36.1 Å². The maximum Gasteiger partial charge on any atom is 0.417 e. The normalized spacial score (nSPS) is 18.4. The van der Waals surface area contributed by atoms with E-state index in [9.17, 15) is 18.0 Å². The van der Waals surface area contributed by atoms with Gasteiger partial charge in [-0.2, -0.15) is 13.2 Å². The van der Waals surface area contributed by atoms with Crippen LogP contribution in [0, 0.1) is 5.92 Å². The van der Waals surface area contributed by atoms with E-state index < -0.39 is 11.7 Å². The molecule has 1 N–H and O–H groups in total. The summed E-state index contributed by atoms with van der Waals surface area (Å²) in [5.74, 6) is 0.792. The van der Waals surface area contributed by atoms with Crippen LogP contribution in [0.1, 0.15) is 35.8 Å². The average molecular weight is 495 g/mol. The van der Waals surface area contributed by atoms with Gasteiger partial charge in [-0.25, -0.2) is 15.0 Å². The van der Waals surface area contributed by atoms with E-state index in [0.717, 1.165) is 30.7 Å². The van der Waals surface area contributed by atoms with Gasteiger partial charge in [-0.05, 0) is 37.0 Å². The van der Waals surface area contributed by atoms with E-state index in [1.165, 1.54) is 6.07 Å². The number of halogens is 3. The highest BCUT2D eigenvalue weighted by Crippen LogP contribution is 2.31. The molecule has 1 fully saturated rings. The number of imidazole rings is 1. The second kappa shape index (κ2) is 9.60. The second-order valence-electron chi connectivity index (χ2n) is 8.96. The van der Waals surface area contributed by atoms with Crippen LogP contribution in [0.25, 0.3) is 17.0 Å². The molecule has 1 amide bonds. The van der Waals surface area contributed by atoms with Gasteiger partial charge in [-0.1, -0.05) is 37.3 Å². The number of alkyl halides is 3. The summed E-state index contributed by atoms with van der Waals surface area (Å²) in [4.78, 5) is 28.8. The van der Waals surface area contributed by atoms with E-state index in [1.54, 1.807) is 22.9 Å². The lowest BCUT2D eigenvalue weighted by Crippen LogP contribution is -2.51. The predicted molar refractivity (Wildman–Crippen MR) is 129 cm³/mol. The van der Waals surface area contributed by atoms with Crippen molar-refractivity contribution in [1.82, 2.24) is 24.3 Å². The van der Waals surface area contributed by atoms with E-state index in [1.807, 2.05) is 35.2 Å². The molecule has 1 saturated heterocycles. The monoisotopic (exact) mass is 494 g/mol. The van der Waals surface area contributed by atoms with E-state index >= 15 is 0 Å². The van der Waals surface area contributed by atoms with Crippen molar-refractivity contribution >= 4 is 17.5 Å². The van der Waals surface area contributed by atoms with Gasteiger partial charge in [-0.3, -0.25) is 9.20 Å². The predicted octanol–water partition coefficient (Wildman–Crippen LogP) is 5.16. The zero-order valence-corrected chi connectivity index (χ0v) is 19.6. The second-order valence-corrected chi connectivity index (χ2v) is 8.96. The Balaban J connectivity index is 1.44. The maximum absolute atomic E-state index is 14.1. The van der Waals surface area contributed by atoms with Gasteiger partial charge in [0.1, 0.15) is 17.2 Å². The molecule has 10 heteroatoms. The van der Waals surface area contributed by atoms with Crippen molar-refractivity contribution in [1.29, 1.82) is 0 Å². The molecule has 0 aliphatic carbocycles. The van der Waals surface area contributed by atoms with Crippen molar-refractivity contribution in [2.24, 2.45) is 5.92 Å². The minimum Gasteiger partial charge on any atom is -0.368 e. The van der Waals surface area contributed by atoms with Crippen LogP contribution >= 0.6 is 0 Å². The largest absolute Gasteiger partial charge is 0.417 e. The molecule has 5 rings (SSSR count). The fourth-order valence-electron chi connectivity index (χ4n) is 4.71. The van der Waals surface area contributed by atoms with Crippen molar-refractivity contribution in [3.05, 3.63) is 78.4 Å². The summed E-state index contributed by atoms with van der Waals surface area (Å²) in [5.41, 5.74) is 1.02.